The van der Waals surface area contributed by atoms with Crippen molar-refractivity contribution in [3.63, 3.8) is 0 Å². The molecule has 176 valence electrons. The average molecular weight is 447 g/mol. The van der Waals surface area contributed by atoms with Gasteiger partial charge in [0.25, 0.3) is 0 Å². The van der Waals surface area contributed by atoms with Crippen LogP contribution >= 0.6 is 0 Å². The summed E-state index contributed by atoms with van der Waals surface area (Å²) in [6.07, 6.45) is 5.57. The number of carbonyl (C=O) groups is 1. The molecule has 2 saturated carbocycles. The van der Waals surface area contributed by atoms with E-state index >= 15 is 0 Å². The van der Waals surface area contributed by atoms with E-state index in [0.29, 0.717) is 5.92 Å². The smallest absolute Gasteiger partial charge is 0.410 e. The molecule has 1 amide bonds. The molecule has 1 unspecified atom stereocenters. The van der Waals surface area contributed by atoms with E-state index in [1.54, 1.807) is 0 Å². The third-order valence-corrected chi connectivity index (χ3v) is 7.55. The van der Waals surface area contributed by atoms with Gasteiger partial charge in [-0.1, -0.05) is 54.6 Å². The SMILES string of the molecule is CC(C)(C)OC(=O)N(CC1(CN2CCc3ccccc3CC2)CC1)[C@H]1CC1c1ccccc1. The molecule has 0 aromatic heterocycles. The fraction of sp³-hybridized carbons (Fsp3) is 0.552. The molecule has 0 spiro atoms. The standard InChI is InChI=1S/C29H38N2O2/c1-28(2,3)33-27(32)31(26-19-25(26)24-11-5-4-6-12-24)21-29(15-16-29)20-30-17-13-22-9-7-8-10-23(22)14-18-30/h4-12,25-26H,13-21H2,1-3H3/t25?,26-/m0/s1. The summed E-state index contributed by atoms with van der Waals surface area (Å²) >= 11 is 0. The van der Waals surface area contributed by atoms with Crippen LogP contribution in [-0.2, 0) is 17.6 Å². The van der Waals surface area contributed by atoms with Crippen LogP contribution in [0, 0.1) is 5.41 Å². The lowest BCUT2D eigenvalue weighted by atomic mass is 10.0. The zero-order chi connectivity index (χ0) is 23.1. The van der Waals surface area contributed by atoms with E-state index in [0.717, 1.165) is 45.4 Å². The highest BCUT2D eigenvalue weighted by atomic mass is 16.6. The van der Waals surface area contributed by atoms with Gasteiger partial charge in [-0.05, 0) is 69.6 Å². The molecule has 2 aromatic rings. The number of amides is 1. The number of ether oxygens (including phenoxy) is 1. The van der Waals surface area contributed by atoms with Crippen molar-refractivity contribution in [3.05, 3.63) is 71.3 Å². The van der Waals surface area contributed by atoms with Gasteiger partial charge < -0.3 is 14.5 Å². The van der Waals surface area contributed by atoms with Gasteiger partial charge in [0.2, 0.25) is 0 Å². The van der Waals surface area contributed by atoms with Crippen LogP contribution < -0.4 is 0 Å². The molecule has 0 saturated heterocycles. The maximum atomic E-state index is 13.3. The van der Waals surface area contributed by atoms with Gasteiger partial charge in [-0.2, -0.15) is 0 Å². The number of nitrogens with zero attached hydrogens (tertiary/aromatic N) is 2. The molecule has 3 aliphatic rings. The van der Waals surface area contributed by atoms with Gasteiger partial charge in [0.05, 0.1) is 0 Å². The van der Waals surface area contributed by atoms with Crippen LogP contribution in [0.5, 0.6) is 0 Å². The molecular weight excluding hydrogens is 408 g/mol. The second-order valence-electron chi connectivity index (χ2n) is 11.5. The van der Waals surface area contributed by atoms with Crippen LogP contribution in [0.1, 0.15) is 62.6 Å². The maximum Gasteiger partial charge on any atom is 0.410 e. The normalized spacial score (nSPS) is 23.8. The number of hydrogen-bond donors (Lipinski definition) is 0. The Bertz CT molecular complexity index is 950. The minimum Gasteiger partial charge on any atom is -0.444 e. The van der Waals surface area contributed by atoms with Crippen LogP contribution in [0.4, 0.5) is 4.79 Å². The number of rotatable bonds is 6. The first kappa shape index (κ1) is 22.5. The van der Waals surface area contributed by atoms with Gasteiger partial charge in [-0.25, -0.2) is 4.79 Å². The van der Waals surface area contributed by atoms with Crippen LogP contribution in [0.15, 0.2) is 54.6 Å². The summed E-state index contributed by atoms with van der Waals surface area (Å²) in [4.78, 5) is 18.0. The molecule has 2 aliphatic carbocycles. The number of fused-ring (bicyclic) bond motifs is 1. The third kappa shape index (κ3) is 5.43. The van der Waals surface area contributed by atoms with Gasteiger partial charge in [0, 0.05) is 43.6 Å². The van der Waals surface area contributed by atoms with Gasteiger partial charge in [-0.15, -0.1) is 0 Å². The van der Waals surface area contributed by atoms with E-state index < -0.39 is 5.60 Å². The van der Waals surface area contributed by atoms with Crippen molar-refractivity contribution in [2.75, 3.05) is 26.2 Å². The van der Waals surface area contributed by atoms with Crippen molar-refractivity contribution in [2.24, 2.45) is 5.41 Å². The fourth-order valence-electron chi connectivity index (χ4n) is 5.47. The molecule has 0 N–H and O–H groups in total. The number of carbonyl (C=O) groups excluding carboxylic acids is 1. The van der Waals surface area contributed by atoms with Crippen LogP contribution in [0.2, 0.25) is 0 Å². The third-order valence-electron chi connectivity index (χ3n) is 7.55. The second kappa shape index (κ2) is 8.79. The van der Waals surface area contributed by atoms with Crippen molar-refractivity contribution in [1.82, 2.24) is 9.80 Å². The van der Waals surface area contributed by atoms with Gasteiger partial charge in [0.1, 0.15) is 5.60 Å². The topological polar surface area (TPSA) is 32.8 Å². The highest BCUT2D eigenvalue weighted by molar-refractivity contribution is 5.69. The lowest BCUT2D eigenvalue weighted by Crippen LogP contribution is -2.45. The molecule has 0 radical (unpaired) electrons. The first-order chi connectivity index (χ1) is 15.8. The van der Waals surface area contributed by atoms with E-state index in [1.807, 2.05) is 20.8 Å². The summed E-state index contributed by atoms with van der Waals surface area (Å²) in [5.74, 6) is 0.433. The number of hydrogen-bond acceptors (Lipinski definition) is 3. The van der Waals surface area contributed by atoms with Crippen molar-refractivity contribution in [3.8, 4) is 0 Å². The van der Waals surface area contributed by atoms with E-state index in [2.05, 4.69) is 64.4 Å². The van der Waals surface area contributed by atoms with Crippen molar-refractivity contribution >= 4 is 6.09 Å². The minimum absolute atomic E-state index is 0.138. The largest absolute Gasteiger partial charge is 0.444 e. The Morgan fingerprint density at radius 2 is 1.61 bits per heavy atom. The summed E-state index contributed by atoms with van der Waals surface area (Å²) in [6.45, 7) is 10.0. The molecule has 1 aliphatic heterocycles. The summed E-state index contributed by atoms with van der Waals surface area (Å²) in [5.41, 5.74) is 4.09. The first-order valence-electron chi connectivity index (χ1n) is 12.7. The molecule has 4 nitrogen and oxygen atoms in total. The molecule has 2 atom stereocenters. The Labute approximate surface area is 198 Å². The Kier molecular flexibility index (Phi) is 5.98. The fourth-order valence-corrected chi connectivity index (χ4v) is 5.47. The monoisotopic (exact) mass is 446 g/mol. The highest BCUT2D eigenvalue weighted by Crippen LogP contribution is 2.51. The van der Waals surface area contributed by atoms with Gasteiger partial charge >= 0.3 is 6.09 Å². The van der Waals surface area contributed by atoms with E-state index in [1.165, 1.54) is 29.5 Å². The van der Waals surface area contributed by atoms with Crippen molar-refractivity contribution < 1.29 is 9.53 Å². The molecule has 4 heteroatoms. The van der Waals surface area contributed by atoms with E-state index in [4.69, 9.17) is 4.74 Å². The zero-order valence-electron chi connectivity index (χ0n) is 20.4. The quantitative estimate of drug-likeness (QED) is 0.574. The lowest BCUT2D eigenvalue weighted by molar-refractivity contribution is 0.0171. The van der Waals surface area contributed by atoms with E-state index in [-0.39, 0.29) is 17.6 Å². The molecule has 33 heavy (non-hydrogen) atoms. The minimum atomic E-state index is -0.472. The number of benzene rings is 2. The summed E-state index contributed by atoms with van der Waals surface area (Å²) in [6, 6.07) is 19.8. The van der Waals surface area contributed by atoms with Crippen LogP contribution in [-0.4, -0.2) is 53.7 Å². The lowest BCUT2D eigenvalue weighted by Gasteiger charge is -2.33. The molecule has 0 bridgehead atoms. The van der Waals surface area contributed by atoms with Crippen LogP contribution in [0.3, 0.4) is 0 Å². The van der Waals surface area contributed by atoms with E-state index in [9.17, 15) is 4.79 Å². The molecule has 2 fully saturated rings. The van der Waals surface area contributed by atoms with Gasteiger partial charge in [-0.3, -0.25) is 0 Å². The Morgan fingerprint density at radius 3 is 2.18 bits per heavy atom. The molecule has 2 aromatic carbocycles. The highest BCUT2D eigenvalue weighted by Gasteiger charge is 2.52. The second-order valence-corrected chi connectivity index (χ2v) is 11.5. The van der Waals surface area contributed by atoms with Crippen molar-refractivity contribution in [2.45, 2.75) is 70.4 Å². The molecule has 5 rings (SSSR count). The maximum absolute atomic E-state index is 13.3. The average Bonchev–Trinajstić information content (AvgIpc) is 3.69. The Morgan fingerprint density at radius 1 is 1.00 bits per heavy atom. The first-order valence-corrected chi connectivity index (χ1v) is 12.7. The molecular formula is C29H38N2O2. The summed E-state index contributed by atoms with van der Waals surface area (Å²) in [7, 11) is 0. The molecule has 1 heterocycles. The summed E-state index contributed by atoms with van der Waals surface area (Å²) < 4.78 is 5.88. The van der Waals surface area contributed by atoms with Crippen LogP contribution in [0.25, 0.3) is 0 Å². The van der Waals surface area contributed by atoms with Gasteiger partial charge in [0.15, 0.2) is 0 Å². The Balaban J connectivity index is 1.27. The van der Waals surface area contributed by atoms with Crippen molar-refractivity contribution in [1.29, 1.82) is 0 Å². The predicted molar refractivity (Wildman–Crippen MR) is 132 cm³/mol. The zero-order valence-corrected chi connectivity index (χ0v) is 20.4. The summed E-state index contributed by atoms with van der Waals surface area (Å²) in [5, 5.41) is 0. The predicted octanol–water partition coefficient (Wildman–Crippen LogP) is 5.66. The Hall–Kier alpha value is -2.33.